The monoisotopic (exact) mass is 468 g/mol. The highest BCUT2D eigenvalue weighted by molar-refractivity contribution is 7.98. The fraction of sp³-hybridized carbons (Fsp3) is 0.217. The van der Waals surface area contributed by atoms with E-state index in [0.717, 1.165) is 40.7 Å². The van der Waals surface area contributed by atoms with Crippen molar-refractivity contribution in [3.8, 4) is 11.4 Å². The summed E-state index contributed by atoms with van der Waals surface area (Å²) in [5.74, 6) is 2.07. The van der Waals surface area contributed by atoms with E-state index in [0.29, 0.717) is 35.7 Å². The molecule has 3 aromatic rings. The van der Waals surface area contributed by atoms with E-state index in [4.69, 9.17) is 27.1 Å². The highest BCUT2D eigenvalue weighted by Gasteiger charge is 2.21. The number of anilines is 4. The number of nitrogens with two attached hydrogens (primary N) is 1. The van der Waals surface area contributed by atoms with Gasteiger partial charge in [-0.3, -0.25) is 0 Å². The number of hydrogen-bond donors (Lipinski definition) is 3. The second-order valence-corrected chi connectivity index (χ2v) is 8.36. The number of nitrogens with one attached hydrogen (secondary N) is 2. The molecule has 1 saturated heterocycles. The molecule has 1 aromatic heterocycles. The Kier molecular flexibility index (Phi) is 7.04. The molecule has 1 aliphatic rings. The Labute approximate surface area is 197 Å². The topological polar surface area (TPSA) is 88.3 Å². The molecule has 2 aromatic carbocycles. The predicted molar refractivity (Wildman–Crippen MR) is 135 cm³/mol. The van der Waals surface area contributed by atoms with E-state index in [1.807, 2.05) is 54.8 Å². The van der Waals surface area contributed by atoms with Gasteiger partial charge in [0.15, 0.2) is 5.82 Å². The van der Waals surface area contributed by atoms with Crippen molar-refractivity contribution in [1.82, 2.24) is 9.97 Å². The van der Waals surface area contributed by atoms with Crippen molar-refractivity contribution in [3.63, 3.8) is 0 Å². The summed E-state index contributed by atoms with van der Waals surface area (Å²) in [7, 11) is 0. The molecule has 9 heteroatoms. The Balaban J connectivity index is 1.51. The van der Waals surface area contributed by atoms with Gasteiger partial charge in [-0.05, 0) is 42.7 Å². The number of para-hydroxylation sites is 2. The fourth-order valence-corrected chi connectivity index (χ4v) is 4.36. The third-order valence-electron chi connectivity index (χ3n) is 5.01. The van der Waals surface area contributed by atoms with E-state index in [9.17, 15) is 0 Å². The van der Waals surface area contributed by atoms with Gasteiger partial charge in [0, 0.05) is 24.3 Å². The van der Waals surface area contributed by atoms with Gasteiger partial charge in [0.2, 0.25) is 0 Å². The molecule has 0 spiro atoms. The van der Waals surface area contributed by atoms with Gasteiger partial charge in [-0.25, -0.2) is 9.97 Å². The molecule has 0 radical (unpaired) electrons. The van der Waals surface area contributed by atoms with E-state index >= 15 is 0 Å². The number of ether oxygens (including phenoxy) is 1. The normalized spacial score (nSPS) is 13.6. The average Bonchev–Trinajstić information content (AvgIpc) is 2.81. The third-order valence-corrected chi connectivity index (χ3v) is 6.18. The summed E-state index contributed by atoms with van der Waals surface area (Å²) in [5.41, 5.74) is 9.19. The lowest BCUT2D eigenvalue weighted by atomic mass is 10.2. The highest BCUT2D eigenvalue weighted by atomic mass is 35.5. The van der Waals surface area contributed by atoms with Crippen LogP contribution in [0.25, 0.3) is 11.4 Å². The number of nitrogen functional groups attached to an aromatic ring is 1. The lowest BCUT2D eigenvalue weighted by Crippen LogP contribution is -2.37. The van der Waals surface area contributed by atoms with Crippen LogP contribution in [0, 0.1) is 0 Å². The van der Waals surface area contributed by atoms with Crippen LogP contribution >= 0.6 is 23.4 Å². The average molecular weight is 469 g/mol. The summed E-state index contributed by atoms with van der Waals surface area (Å²) in [4.78, 5) is 12.5. The lowest BCUT2D eigenvalue weighted by molar-refractivity contribution is 0.122. The maximum Gasteiger partial charge on any atom is 0.163 e. The van der Waals surface area contributed by atoms with Crippen molar-refractivity contribution >= 4 is 46.2 Å². The molecule has 0 aliphatic carbocycles. The first-order chi connectivity index (χ1) is 15.5. The van der Waals surface area contributed by atoms with Crippen molar-refractivity contribution in [1.29, 1.82) is 0 Å². The minimum Gasteiger partial charge on any atom is -0.397 e. The van der Waals surface area contributed by atoms with Crippen LogP contribution in [-0.2, 0) is 4.74 Å². The summed E-state index contributed by atoms with van der Waals surface area (Å²) in [6, 6.07) is 15.4. The van der Waals surface area contributed by atoms with Crippen LogP contribution in [0.4, 0.5) is 22.9 Å². The number of aromatic nitrogens is 2. The number of halogens is 1. The van der Waals surface area contributed by atoms with E-state index in [1.165, 1.54) is 0 Å². The first-order valence-electron chi connectivity index (χ1n) is 10.2. The Morgan fingerprint density at radius 3 is 2.50 bits per heavy atom. The van der Waals surface area contributed by atoms with Crippen molar-refractivity contribution in [2.45, 2.75) is 4.90 Å². The second kappa shape index (κ2) is 10.1. The molecule has 4 N–H and O–H groups in total. The molecule has 0 bridgehead atoms. The molecule has 0 amide bonds. The molecular weight excluding hydrogens is 444 g/mol. The van der Waals surface area contributed by atoms with Crippen molar-refractivity contribution in [2.24, 2.45) is 0 Å². The number of nitrogens with zero attached hydrogens (tertiary/aromatic N) is 3. The lowest BCUT2D eigenvalue weighted by Gasteiger charge is -2.29. The quantitative estimate of drug-likeness (QED) is 0.255. The van der Waals surface area contributed by atoms with E-state index in [-0.39, 0.29) is 0 Å². The SMILES string of the molecule is C=C(Nc1ccc(-c2nc(Cl)c(SC)c(N3CCOCC3)n2)cc1)Nc1ccccc1N. The molecule has 2 heterocycles. The van der Waals surface area contributed by atoms with Gasteiger partial charge < -0.3 is 26.0 Å². The molecule has 7 nitrogen and oxygen atoms in total. The van der Waals surface area contributed by atoms with E-state index in [1.54, 1.807) is 11.8 Å². The van der Waals surface area contributed by atoms with Gasteiger partial charge in [0.05, 0.1) is 29.5 Å². The van der Waals surface area contributed by atoms with Crippen LogP contribution in [0.2, 0.25) is 5.15 Å². The maximum atomic E-state index is 6.52. The second-order valence-electron chi connectivity index (χ2n) is 7.19. The van der Waals surface area contributed by atoms with Gasteiger partial charge >= 0.3 is 0 Å². The standard InChI is InChI=1S/C23H25ClN6OS/c1-15(27-19-6-4-3-5-18(19)25)26-17-9-7-16(8-10-17)22-28-21(24)20(32-2)23(29-22)30-11-13-31-14-12-30/h3-10,26-27H,1,11-14,25H2,2H3. The van der Waals surface area contributed by atoms with Crippen molar-refractivity contribution in [2.75, 3.05) is 53.8 Å². The van der Waals surface area contributed by atoms with Crippen molar-refractivity contribution < 1.29 is 4.74 Å². The summed E-state index contributed by atoms with van der Waals surface area (Å²) in [5, 5.41) is 6.88. The van der Waals surface area contributed by atoms with Crippen molar-refractivity contribution in [3.05, 3.63) is 66.1 Å². The summed E-state index contributed by atoms with van der Waals surface area (Å²) < 4.78 is 5.48. The Hall–Kier alpha value is -2.94. The largest absolute Gasteiger partial charge is 0.397 e. The van der Waals surface area contributed by atoms with Gasteiger partial charge in [-0.15, -0.1) is 11.8 Å². The van der Waals surface area contributed by atoms with Crippen LogP contribution in [0.15, 0.2) is 65.8 Å². The number of morpholine rings is 1. The summed E-state index contributed by atoms with van der Waals surface area (Å²) >= 11 is 8.08. The number of thioether (sulfide) groups is 1. The number of rotatable bonds is 7. The van der Waals surface area contributed by atoms with Gasteiger partial charge in [0.1, 0.15) is 16.8 Å². The van der Waals surface area contributed by atoms with Crippen LogP contribution in [-0.4, -0.2) is 42.5 Å². The number of hydrogen-bond acceptors (Lipinski definition) is 8. The minimum atomic E-state index is 0.462. The molecular formula is C23H25ClN6OS. The summed E-state index contributed by atoms with van der Waals surface area (Å²) in [6.45, 7) is 6.94. The number of benzene rings is 2. The van der Waals surface area contributed by atoms with E-state index in [2.05, 4.69) is 27.1 Å². The molecule has 0 unspecified atom stereocenters. The fourth-order valence-electron chi connectivity index (χ4n) is 3.39. The Bertz CT molecular complexity index is 1100. The smallest absolute Gasteiger partial charge is 0.163 e. The van der Waals surface area contributed by atoms with Crippen LogP contribution in [0.3, 0.4) is 0 Å². The Morgan fingerprint density at radius 1 is 1.09 bits per heavy atom. The predicted octanol–water partition coefficient (Wildman–Crippen LogP) is 4.93. The zero-order chi connectivity index (χ0) is 22.5. The minimum absolute atomic E-state index is 0.462. The molecule has 0 saturated carbocycles. The van der Waals surface area contributed by atoms with Gasteiger partial charge in [0.25, 0.3) is 0 Å². The first kappa shape index (κ1) is 22.3. The molecule has 1 fully saturated rings. The molecule has 166 valence electrons. The van der Waals surface area contributed by atoms with E-state index < -0.39 is 0 Å². The highest BCUT2D eigenvalue weighted by Crippen LogP contribution is 2.35. The molecule has 4 rings (SSSR count). The zero-order valence-electron chi connectivity index (χ0n) is 17.8. The summed E-state index contributed by atoms with van der Waals surface area (Å²) in [6.07, 6.45) is 1.98. The Morgan fingerprint density at radius 2 is 1.81 bits per heavy atom. The van der Waals surface area contributed by atoms with Crippen LogP contribution in [0.1, 0.15) is 0 Å². The van der Waals surface area contributed by atoms with Crippen LogP contribution in [0.5, 0.6) is 0 Å². The third kappa shape index (κ3) is 5.09. The zero-order valence-corrected chi connectivity index (χ0v) is 19.3. The van der Waals surface area contributed by atoms with Gasteiger partial charge in [-0.2, -0.15) is 0 Å². The molecule has 1 aliphatic heterocycles. The first-order valence-corrected chi connectivity index (χ1v) is 11.8. The van der Waals surface area contributed by atoms with Crippen LogP contribution < -0.4 is 21.3 Å². The van der Waals surface area contributed by atoms with Gasteiger partial charge in [-0.1, -0.05) is 30.3 Å². The molecule has 0 atom stereocenters. The maximum absolute atomic E-state index is 6.52. The molecule has 32 heavy (non-hydrogen) atoms.